The lowest BCUT2D eigenvalue weighted by molar-refractivity contribution is -0.124. The Bertz CT molecular complexity index is 636. The van der Waals surface area contributed by atoms with Gasteiger partial charge in [0.15, 0.2) is 0 Å². The van der Waals surface area contributed by atoms with Crippen LogP contribution in [0.3, 0.4) is 0 Å². The molecule has 21 heavy (non-hydrogen) atoms. The Kier molecular flexibility index (Phi) is 4.95. The SMILES string of the molecule is Nc1cccc(COc2ccc(/C=C/C(=O)NO)cc2)c1. The molecule has 5 heteroatoms. The molecule has 5 nitrogen and oxygen atoms in total. The fourth-order valence-corrected chi connectivity index (χ4v) is 1.73. The van der Waals surface area contributed by atoms with Gasteiger partial charge >= 0.3 is 0 Å². The molecule has 0 saturated carbocycles. The Morgan fingerprint density at radius 2 is 2.00 bits per heavy atom. The maximum Gasteiger partial charge on any atom is 0.267 e. The monoisotopic (exact) mass is 284 g/mol. The van der Waals surface area contributed by atoms with Gasteiger partial charge in [0.25, 0.3) is 5.91 Å². The first-order chi connectivity index (χ1) is 10.2. The van der Waals surface area contributed by atoms with Crippen LogP contribution in [0.25, 0.3) is 6.08 Å². The van der Waals surface area contributed by atoms with Crippen LogP contribution in [0.1, 0.15) is 11.1 Å². The van der Waals surface area contributed by atoms with Crippen molar-refractivity contribution >= 4 is 17.7 Å². The number of carbonyl (C=O) groups is 1. The van der Waals surface area contributed by atoms with Crippen LogP contribution in [0, 0.1) is 0 Å². The molecule has 0 radical (unpaired) electrons. The average Bonchev–Trinajstić information content (AvgIpc) is 2.51. The molecule has 0 heterocycles. The lowest BCUT2D eigenvalue weighted by Crippen LogP contribution is -2.14. The van der Waals surface area contributed by atoms with Crippen molar-refractivity contribution in [2.75, 3.05) is 5.73 Å². The van der Waals surface area contributed by atoms with E-state index in [0.29, 0.717) is 12.3 Å². The topological polar surface area (TPSA) is 84.6 Å². The van der Waals surface area contributed by atoms with Crippen molar-refractivity contribution in [3.63, 3.8) is 0 Å². The first-order valence-electron chi connectivity index (χ1n) is 6.37. The number of hydrogen-bond acceptors (Lipinski definition) is 4. The second-order valence-corrected chi connectivity index (χ2v) is 4.41. The first-order valence-corrected chi connectivity index (χ1v) is 6.37. The molecule has 0 spiro atoms. The van der Waals surface area contributed by atoms with Gasteiger partial charge in [-0.2, -0.15) is 0 Å². The van der Waals surface area contributed by atoms with Crippen LogP contribution in [0.4, 0.5) is 5.69 Å². The highest BCUT2D eigenvalue weighted by molar-refractivity contribution is 5.90. The molecule has 0 fully saturated rings. The average molecular weight is 284 g/mol. The van der Waals surface area contributed by atoms with Gasteiger partial charge in [0.1, 0.15) is 12.4 Å². The fourth-order valence-electron chi connectivity index (χ4n) is 1.73. The van der Waals surface area contributed by atoms with Gasteiger partial charge in [0, 0.05) is 11.8 Å². The molecule has 1 amide bonds. The van der Waals surface area contributed by atoms with Gasteiger partial charge in [0.2, 0.25) is 0 Å². The highest BCUT2D eigenvalue weighted by Crippen LogP contribution is 2.16. The molecule has 0 unspecified atom stereocenters. The molecule has 0 aliphatic carbocycles. The molecule has 2 rings (SSSR count). The van der Waals surface area contributed by atoms with Crippen LogP contribution in [0.2, 0.25) is 0 Å². The van der Waals surface area contributed by atoms with Crippen molar-refractivity contribution in [1.82, 2.24) is 5.48 Å². The number of hydroxylamine groups is 1. The molecule has 0 aliphatic rings. The molecule has 0 aliphatic heterocycles. The van der Waals surface area contributed by atoms with E-state index in [2.05, 4.69) is 0 Å². The quantitative estimate of drug-likeness (QED) is 0.340. The number of rotatable bonds is 5. The predicted octanol–water partition coefficient (Wildman–Crippen LogP) is 2.37. The largest absolute Gasteiger partial charge is 0.489 e. The van der Waals surface area contributed by atoms with E-state index in [0.717, 1.165) is 16.9 Å². The Morgan fingerprint density at radius 3 is 2.67 bits per heavy atom. The minimum Gasteiger partial charge on any atom is -0.489 e. The second kappa shape index (κ2) is 7.12. The molecule has 0 aromatic heterocycles. The highest BCUT2D eigenvalue weighted by atomic mass is 16.5. The highest BCUT2D eigenvalue weighted by Gasteiger charge is 1.97. The van der Waals surface area contributed by atoms with E-state index < -0.39 is 5.91 Å². The van der Waals surface area contributed by atoms with Gasteiger partial charge in [-0.1, -0.05) is 24.3 Å². The van der Waals surface area contributed by atoms with Crippen molar-refractivity contribution in [3.8, 4) is 5.75 Å². The molecule has 108 valence electrons. The number of ether oxygens (including phenoxy) is 1. The molecule has 2 aromatic carbocycles. The Labute approximate surface area is 122 Å². The number of nitrogen functional groups attached to an aromatic ring is 1. The fraction of sp³-hybridized carbons (Fsp3) is 0.0625. The number of nitrogens with two attached hydrogens (primary N) is 1. The van der Waals surface area contributed by atoms with Crippen LogP contribution in [-0.2, 0) is 11.4 Å². The minimum absolute atomic E-state index is 0.438. The number of carbonyl (C=O) groups excluding carboxylic acids is 1. The van der Waals surface area contributed by atoms with Gasteiger partial charge < -0.3 is 10.5 Å². The number of anilines is 1. The van der Waals surface area contributed by atoms with Crippen molar-refractivity contribution in [2.45, 2.75) is 6.61 Å². The van der Waals surface area contributed by atoms with Crippen LogP contribution < -0.4 is 16.0 Å². The first kappa shape index (κ1) is 14.6. The summed E-state index contributed by atoms with van der Waals surface area (Å²) in [5.74, 6) is 0.151. The van der Waals surface area contributed by atoms with E-state index >= 15 is 0 Å². The van der Waals surface area contributed by atoms with Crippen LogP contribution in [-0.4, -0.2) is 11.1 Å². The molecule has 0 saturated heterocycles. The molecular weight excluding hydrogens is 268 g/mol. The second-order valence-electron chi connectivity index (χ2n) is 4.41. The molecule has 0 bridgehead atoms. The Morgan fingerprint density at radius 1 is 1.24 bits per heavy atom. The minimum atomic E-state index is -0.572. The number of nitrogens with one attached hydrogen (secondary N) is 1. The molecule has 4 N–H and O–H groups in total. The summed E-state index contributed by atoms with van der Waals surface area (Å²) in [5, 5.41) is 8.37. The number of benzene rings is 2. The Hall–Kier alpha value is -2.79. The third-order valence-electron chi connectivity index (χ3n) is 2.77. The van der Waals surface area contributed by atoms with Crippen molar-refractivity contribution in [1.29, 1.82) is 0 Å². The zero-order chi connectivity index (χ0) is 15.1. The lowest BCUT2D eigenvalue weighted by Gasteiger charge is -2.07. The zero-order valence-electron chi connectivity index (χ0n) is 11.3. The van der Waals surface area contributed by atoms with Gasteiger partial charge in [-0.05, 0) is 41.5 Å². The predicted molar refractivity (Wildman–Crippen MR) is 80.6 cm³/mol. The van der Waals surface area contributed by atoms with Gasteiger partial charge in [0.05, 0.1) is 0 Å². The van der Waals surface area contributed by atoms with E-state index in [4.69, 9.17) is 15.7 Å². The van der Waals surface area contributed by atoms with Gasteiger partial charge in [-0.3, -0.25) is 10.0 Å². The number of amides is 1. The summed E-state index contributed by atoms with van der Waals surface area (Å²) in [7, 11) is 0. The summed E-state index contributed by atoms with van der Waals surface area (Å²) < 4.78 is 5.65. The normalized spacial score (nSPS) is 10.5. The number of hydrogen-bond donors (Lipinski definition) is 3. The summed E-state index contributed by atoms with van der Waals surface area (Å²) in [6.07, 6.45) is 2.83. The van der Waals surface area contributed by atoms with Gasteiger partial charge in [-0.25, -0.2) is 5.48 Å². The van der Waals surface area contributed by atoms with E-state index in [1.165, 1.54) is 11.6 Å². The van der Waals surface area contributed by atoms with Gasteiger partial charge in [-0.15, -0.1) is 0 Å². The van der Waals surface area contributed by atoms with E-state index in [9.17, 15) is 4.79 Å². The summed E-state index contributed by atoms with van der Waals surface area (Å²) in [6.45, 7) is 0.438. The molecular formula is C16H16N2O3. The van der Waals surface area contributed by atoms with Crippen molar-refractivity contribution in [2.24, 2.45) is 0 Å². The summed E-state index contributed by atoms with van der Waals surface area (Å²) in [5.41, 5.74) is 9.77. The Balaban J connectivity index is 1.93. The third kappa shape index (κ3) is 4.67. The van der Waals surface area contributed by atoms with Crippen molar-refractivity contribution < 1.29 is 14.7 Å². The van der Waals surface area contributed by atoms with Crippen LogP contribution >= 0.6 is 0 Å². The lowest BCUT2D eigenvalue weighted by atomic mass is 10.2. The van der Waals surface area contributed by atoms with E-state index in [1.807, 2.05) is 48.5 Å². The van der Waals surface area contributed by atoms with Crippen LogP contribution in [0.5, 0.6) is 5.75 Å². The van der Waals surface area contributed by atoms with Crippen molar-refractivity contribution in [3.05, 3.63) is 65.7 Å². The summed E-state index contributed by atoms with van der Waals surface area (Å²) in [6, 6.07) is 14.8. The van der Waals surface area contributed by atoms with E-state index in [-0.39, 0.29) is 0 Å². The standard InChI is InChI=1S/C16H16N2O3/c17-14-3-1-2-13(10-14)11-21-15-7-4-12(5-8-15)6-9-16(19)18-20/h1-10,20H,11,17H2,(H,18,19)/b9-6+. The summed E-state index contributed by atoms with van der Waals surface area (Å²) in [4.78, 5) is 10.9. The van der Waals surface area contributed by atoms with Crippen LogP contribution in [0.15, 0.2) is 54.6 Å². The molecule has 2 aromatic rings. The smallest absolute Gasteiger partial charge is 0.267 e. The summed E-state index contributed by atoms with van der Waals surface area (Å²) >= 11 is 0. The third-order valence-corrected chi connectivity index (χ3v) is 2.77. The zero-order valence-corrected chi connectivity index (χ0v) is 11.3. The molecule has 0 atom stereocenters. The maximum absolute atomic E-state index is 10.9. The maximum atomic E-state index is 10.9. The van der Waals surface area contributed by atoms with E-state index in [1.54, 1.807) is 6.08 Å².